The number of benzene rings is 2. The van der Waals surface area contributed by atoms with Gasteiger partial charge in [0.1, 0.15) is 11.9 Å². The number of rotatable bonds is 1. The Labute approximate surface area is 149 Å². The SMILES string of the molecule is COc1cccc2c1C(=O)c1ccc3c(c1C2=O)C(=O)CC(C)(O)C3O. The molecule has 2 atom stereocenters. The minimum absolute atomic E-state index is 0.00666. The highest BCUT2D eigenvalue weighted by Crippen LogP contribution is 2.42. The number of Topliss-reactive ketones (excluding diaryl/α,β-unsaturated/α-hetero) is 1. The molecular weight excluding hydrogens is 336 g/mol. The quantitative estimate of drug-likeness (QED) is 0.693. The highest BCUT2D eigenvalue weighted by molar-refractivity contribution is 6.32. The van der Waals surface area contributed by atoms with Gasteiger partial charge in [0.25, 0.3) is 0 Å². The number of methoxy groups -OCH3 is 1. The molecule has 6 nitrogen and oxygen atoms in total. The first kappa shape index (κ1) is 16.6. The molecule has 2 aromatic rings. The van der Waals surface area contributed by atoms with Gasteiger partial charge >= 0.3 is 0 Å². The Morgan fingerprint density at radius 2 is 1.65 bits per heavy atom. The summed E-state index contributed by atoms with van der Waals surface area (Å²) in [7, 11) is 1.41. The van der Waals surface area contributed by atoms with Gasteiger partial charge in [0.05, 0.1) is 18.3 Å². The van der Waals surface area contributed by atoms with Crippen LogP contribution in [-0.4, -0.2) is 40.3 Å². The zero-order valence-electron chi connectivity index (χ0n) is 14.2. The number of hydrogen-bond acceptors (Lipinski definition) is 6. The zero-order chi connectivity index (χ0) is 18.8. The number of ether oxygens (including phenoxy) is 1. The number of carbonyl (C=O) groups is 3. The third kappa shape index (κ3) is 2.03. The van der Waals surface area contributed by atoms with Gasteiger partial charge in [-0.3, -0.25) is 14.4 Å². The molecule has 0 fully saturated rings. The Morgan fingerprint density at radius 3 is 2.35 bits per heavy atom. The summed E-state index contributed by atoms with van der Waals surface area (Å²) in [6.07, 6.45) is -1.65. The van der Waals surface area contributed by atoms with Crippen molar-refractivity contribution in [3.05, 3.63) is 63.7 Å². The summed E-state index contributed by atoms with van der Waals surface area (Å²) in [5.41, 5.74) is -1.01. The molecule has 4 rings (SSSR count). The summed E-state index contributed by atoms with van der Waals surface area (Å²) in [6.45, 7) is 1.37. The van der Waals surface area contributed by atoms with Gasteiger partial charge in [-0.15, -0.1) is 0 Å². The van der Waals surface area contributed by atoms with Crippen molar-refractivity contribution in [1.82, 2.24) is 0 Å². The van der Waals surface area contributed by atoms with Gasteiger partial charge in [-0.25, -0.2) is 0 Å². The molecule has 2 N–H and O–H groups in total. The van der Waals surface area contributed by atoms with Gasteiger partial charge in [-0.2, -0.15) is 0 Å². The lowest BCUT2D eigenvalue weighted by Gasteiger charge is -2.36. The molecule has 6 heteroatoms. The van der Waals surface area contributed by atoms with Gasteiger partial charge < -0.3 is 14.9 Å². The van der Waals surface area contributed by atoms with Crippen LogP contribution in [0.3, 0.4) is 0 Å². The molecule has 0 aromatic heterocycles. The summed E-state index contributed by atoms with van der Waals surface area (Å²) in [5.74, 6) is -1.06. The highest BCUT2D eigenvalue weighted by atomic mass is 16.5. The monoisotopic (exact) mass is 352 g/mol. The molecule has 2 aromatic carbocycles. The third-order valence-corrected chi connectivity index (χ3v) is 5.11. The average molecular weight is 352 g/mol. The van der Waals surface area contributed by atoms with Crippen LogP contribution in [0.4, 0.5) is 0 Å². The summed E-state index contributed by atoms with van der Waals surface area (Å²) in [6, 6.07) is 7.56. The Hall–Kier alpha value is -2.83. The maximum absolute atomic E-state index is 13.1. The van der Waals surface area contributed by atoms with Crippen LogP contribution in [0, 0.1) is 0 Å². The first-order valence-corrected chi connectivity index (χ1v) is 8.15. The van der Waals surface area contributed by atoms with Crippen molar-refractivity contribution in [3.8, 4) is 5.75 Å². The summed E-state index contributed by atoms with van der Waals surface area (Å²) >= 11 is 0. The molecule has 26 heavy (non-hydrogen) atoms. The van der Waals surface area contributed by atoms with E-state index in [2.05, 4.69) is 0 Å². The van der Waals surface area contributed by atoms with E-state index >= 15 is 0 Å². The topological polar surface area (TPSA) is 101 Å². The van der Waals surface area contributed by atoms with Crippen molar-refractivity contribution in [2.24, 2.45) is 0 Å². The zero-order valence-corrected chi connectivity index (χ0v) is 14.2. The summed E-state index contributed by atoms with van der Waals surface area (Å²) in [4.78, 5) is 38.7. The fourth-order valence-corrected chi connectivity index (χ4v) is 3.81. The van der Waals surface area contributed by atoms with E-state index in [0.717, 1.165) is 0 Å². The lowest BCUT2D eigenvalue weighted by molar-refractivity contribution is -0.0675. The molecule has 132 valence electrons. The number of fused-ring (bicyclic) bond motifs is 4. The van der Waals surface area contributed by atoms with E-state index < -0.39 is 29.1 Å². The van der Waals surface area contributed by atoms with E-state index in [-0.39, 0.29) is 39.8 Å². The van der Waals surface area contributed by atoms with E-state index in [4.69, 9.17) is 4.74 Å². The van der Waals surface area contributed by atoms with Crippen molar-refractivity contribution < 1.29 is 29.3 Å². The molecule has 0 bridgehead atoms. The van der Waals surface area contributed by atoms with E-state index in [1.165, 1.54) is 32.2 Å². The van der Waals surface area contributed by atoms with E-state index in [0.29, 0.717) is 5.75 Å². The Kier molecular flexibility index (Phi) is 3.41. The smallest absolute Gasteiger partial charge is 0.198 e. The van der Waals surface area contributed by atoms with Crippen LogP contribution in [0.2, 0.25) is 0 Å². The van der Waals surface area contributed by atoms with E-state index in [9.17, 15) is 24.6 Å². The van der Waals surface area contributed by atoms with Crippen molar-refractivity contribution in [3.63, 3.8) is 0 Å². The van der Waals surface area contributed by atoms with E-state index in [1.54, 1.807) is 12.1 Å². The van der Waals surface area contributed by atoms with Crippen LogP contribution in [0.5, 0.6) is 5.75 Å². The molecule has 2 unspecified atom stereocenters. The molecule has 0 spiro atoms. The van der Waals surface area contributed by atoms with Crippen LogP contribution in [0.25, 0.3) is 0 Å². The fraction of sp³-hybridized carbons (Fsp3) is 0.250. The number of carbonyl (C=O) groups excluding carboxylic acids is 3. The van der Waals surface area contributed by atoms with Crippen molar-refractivity contribution in [2.45, 2.75) is 25.0 Å². The molecule has 0 saturated carbocycles. The van der Waals surface area contributed by atoms with Crippen LogP contribution in [0.15, 0.2) is 30.3 Å². The van der Waals surface area contributed by atoms with Crippen LogP contribution < -0.4 is 4.74 Å². The number of hydrogen-bond donors (Lipinski definition) is 2. The van der Waals surface area contributed by atoms with Crippen molar-refractivity contribution in [1.29, 1.82) is 0 Å². The molecule has 0 amide bonds. The summed E-state index contributed by atoms with van der Waals surface area (Å²) in [5, 5.41) is 20.7. The predicted molar refractivity (Wildman–Crippen MR) is 90.8 cm³/mol. The molecule has 0 radical (unpaired) electrons. The standard InChI is InChI=1S/C20H16O6/c1-20(25)8-12(21)14-11(19(20)24)7-6-10-16(14)18(23)9-4-3-5-13(26-2)15(9)17(10)22/h3-7,19,24-25H,8H2,1-2H3. The Bertz CT molecular complexity index is 1000. The predicted octanol–water partition coefficient (Wildman–Crippen LogP) is 1.84. The maximum Gasteiger partial charge on any atom is 0.198 e. The van der Waals surface area contributed by atoms with Gasteiger partial charge in [-0.1, -0.05) is 18.2 Å². The molecule has 2 aliphatic carbocycles. The highest BCUT2D eigenvalue weighted by Gasteiger charge is 2.45. The van der Waals surface area contributed by atoms with Gasteiger partial charge in [0.2, 0.25) is 0 Å². The summed E-state index contributed by atoms with van der Waals surface area (Å²) < 4.78 is 5.21. The van der Waals surface area contributed by atoms with Crippen LogP contribution in [0.1, 0.15) is 67.2 Å². The molecule has 0 aliphatic heterocycles. The minimum Gasteiger partial charge on any atom is -0.496 e. The fourth-order valence-electron chi connectivity index (χ4n) is 3.81. The first-order valence-electron chi connectivity index (χ1n) is 8.15. The van der Waals surface area contributed by atoms with Crippen molar-refractivity contribution >= 4 is 17.3 Å². The molecule has 0 heterocycles. The Morgan fingerprint density at radius 1 is 1.00 bits per heavy atom. The number of ketones is 3. The average Bonchev–Trinajstić information content (AvgIpc) is 2.62. The van der Waals surface area contributed by atoms with Crippen molar-refractivity contribution in [2.75, 3.05) is 7.11 Å². The third-order valence-electron chi connectivity index (χ3n) is 5.11. The number of aliphatic hydroxyl groups excluding tert-OH is 1. The lowest BCUT2D eigenvalue weighted by Crippen LogP contribution is -2.41. The van der Waals surface area contributed by atoms with E-state index in [1.807, 2.05) is 0 Å². The second-order valence-corrected chi connectivity index (χ2v) is 6.85. The number of aliphatic hydroxyl groups is 2. The van der Waals surface area contributed by atoms with Gasteiger partial charge in [0.15, 0.2) is 17.3 Å². The lowest BCUT2D eigenvalue weighted by atomic mass is 9.72. The van der Waals surface area contributed by atoms with Gasteiger partial charge in [-0.05, 0) is 24.6 Å². The second kappa shape index (κ2) is 5.33. The largest absolute Gasteiger partial charge is 0.496 e. The second-order valence-electron chi connectivity index (χ2n) is 6.85. The molecular formula is C20H16O6. The molecule has 2 aliphatic rings. The molecule has 0 saturated heterocycles. The minimum atomic E-state index is -1.62. The van der Waals surface area contributed by atoms with Gasteiger partial charge in [0, 0.05) is 28.7 Å². The first-order chi connectivity index (χ1) is 12.3. The van der Waals surface area contributed by atoms with Crippen LogP contribution in [-0.2, 0) is 0 Å². The maximum atomic E-state index is 13.1. The normalized spacial score (nSPS) is 24.0. The van der Waals surface area contributed by atoms with Crippen LogP contribution >= 0.6 is 0 Å². The Balaban J connectivity index is 2.02.